The molecule has 0 unspecified atom stereocenters. The summed E-state index contributed by atoms with van der Waals surface area (Å²) < 4.78 is 5.12. The second kappa shape index (κ2) is 9.68. The fourth-order valence-corrected chi connectivity index (χ4v) is 3.90. The Hall–Kier alpha value is -0.280. The van der Waals surface area contributed by atoms with Crippen LogP contribution in [0, 0.1) is 0 Å². The van der Waals surface area contributed by atoms with Crippen LogP contribution in [0.1, 0.15) is 45.1 Å². The standard InChI is InChI=1S/C17H27Cl2NO/c1-4-9-17(10-5-2,13-20-11-12-21-3)16-14(18)7-6-8-15(16)19/h6-8,20H,4-5,9-13H2,1-3H3. The Labute approximate surface area is 139 Å². The van der Waals surface area contributed by atoms with Crippen LogP contribution in [0.5, 0.6) is 0 Å². The van der Waals surface area contributed by atoms with Gasteiger partial charge in [0.1, 0.15) is 0 Å². The number of hydrogen-bond acceptors (Lipinski definition) is 2. The zero-order valence-electron chi connectivity index (χ0n) is 13.3. The van der Waals surface area contributed by atoms with E-state index in [1.807, 2.05) is 18.2 Å². The van der Waals surface area contributed by atoms with Crippen molar-refractivity contribution in [1.82, 2.24) is 5.32 Å². The molecular formula is C17H27Cl2NO. The highest BCUT2D eigenvalue weighted by atomic mass is 35.5. The van der Waals surface area contributed by atoms with Gasteiger partial charge in [-0.15, -0.1) is 0 Å². The number of halogens is 2. The molecule has 0 aliphatic heterocycles. The van der Waals surface area contributed by atoms with Gasteiger partial charge in [-0.1, -0.05) is 56.0 Å². The molecule has 0 saturated heterocycles. The second-order valence-electron chi connectivity index (χ2n) is 5.55. The molecule has 120 valence electrons. The van der Waals surface area contributed by atoms with Crippen molar-refractivity contribution in [2.75, 3.05) is 26.8 Å². The summed E-state index contributed by atoms with van der Waals surface area (Å²) in [4.78, 5) is 0. The van der Waals surface area contributed by atoms with Crippen LogP contribution in [0.2, 0.25) is 10.0 Å². The minimum atomic E-state index is -0.00727. The van der Waals surface area contributed by atoms with Crippen molar-refractivity contribution in [1.29, 1.82) is 0 Å². The minimum absolute atomic E-state index is 0.00727. The molecule has 0 aliphatic carbocycles. The zero-order chi connectivity index (χ0) is 15.7. The van der Waals surface area contributed by atoms with Crippen molar-refractivity contribution >= 4 is 23.2 Å². The van der Waals surface area contributed by atoms with Crippen molar-refractivity contribution in [3.8, 4) is 0 Å². The maximum absolute atomic E-state index is 6.49. The molecule has 1 aromatic rings. The molecule has 2 nitrogen and oxygen atoms in total. The highest BCUT2D eigenvalue weighted by Crippen LogP contribution is 2.41. The highest BCUT2D eigenvalue weighted by molar-refractivity contribution is 6.36. The Balaban J connectivity index is 3.09. The Morgan fingerprint density at radius 3 is 2.14 bits per heavy atom. The van der Waals surface area contributed by atoms with E-state index in [-0.39, 0.29) is 5.41 Å². The quantitative estimate of drug-likeness (QED) is 0.604. The summed E-state index contributed by atoms with van der Waals surface area (Å²) in [6, 6.07) is 5.80. The van der Waals surface area contributed by atoms with Crippen LogP contribution >= 0.6 is 23.2 Å². The van der Waals surface area contributed by atoms with E-state index in [2.05, 4.69) is 19.2 Å². The average molecular weight is 332 g/mol. The van der Waals surface area contributed by atoms with Gasteiger partial charge in [-0.05, 0) is 30.5 Å². The van der Waals surface area contributed by atoms with E-state index in [0.29, 0.717) is 6.61 Å². The van der Waals surface area contributed by atoms with Crippen molar-refractivity contribution in [3.05, 3.63) is 33.8 Å². The Morgan fingerprint density at radius 2 is 1.67 bits per heavy atom. The fourth-order valence-electron chi connectivity index (χ4n) is 3.10. The van der Waals surface area contributed by atoms with E-state index in [1.54, 1.807) is 7.11 Å². The molecule has 0 fully saturated rings. The Morgan fingerprint density at radius 1 is 1.10 bits per heavy atom. The summed E-state index contributed by atoms with van der Waals surface area (Å²) in [6.45, 7) is 6.86. The third-order valence-corrected chi connectivity index (χ3v) is 4.53. The zero-order valence-corrected chi connectivity index (χ0v) is 14.9. The molecule has 0 saturated carbocycles. The van der Waals surface area contributed by atoms with Gasteiger partial charge in [0.05, 0.1) is 6.61 Å². The van der Waals surface area contributed by atoms with Crippen molar-refractivity contribution < 1.29 is 4.74 Å². The summed E-state index contributed by atoms with van der Waals surface area (Å²) in [5.41, 5.74) is 1.09. The maximum atomic E-state index is 6.49. The van der Waals surface area contributed by atoms with Crippen LogP contribution < -0.4 is 5.32 Å². The molecule has 0 aromatic heterocycles. The first-order valence-corrected chi connectivity index (χ1v) is 8.51. The van der Waals surface area contributed by atoms with Crippen LogP contribution in [0.15, 0.2) is 18.2 Å². The summed E-state index contributed by atoms with van der Waals surface area (Å²) in [6.07, 6.45) is 4.36. The van der Waals surface area contributed by atoms with Crippen LogP contribution in [-0.2, 0) is 10.2 Å². The molecule has 0 amide bonds. The number of methoxy groups -OCH3 is 1. The fraction of sp³-hybridized carbons (Fsp3) is 0.647. The Kier molecular flexibility index (Phi) is 8.65. The smallest absolute Gasteiger partial charge is 0.0587 e. The van der Waals surface area contributed by atoms with E-state index in [0.717, 1.165) is 54.4 Å². The molecule has 1 aromatic carbocycles. The lowest BCUT2D eigenvalue weighted by atomic mass is 9.73. The van der Waals surface area contributed by atoms with Crippen LogP contribution in [0.4, 0.5) is 0 Å². The van der Waals surface area contributed by atoms with E-state index in [4.69, 9.17) is 27.9 Å². The molecule has 0 radical (unpaired) electrons. The van der Waals surface area contributed by atoms with Crippen LogP contribution in [-0.4, -0.2) is 26.8 Å². The molecule has 0 bridgehead atoms. The van der Waals surface area contributed by atoms with Crippen LogP contribution in [0.25, 0.3) is 0 Å². The largest absolute Gasteiger partial charge is 0.383 e. The predicted octanol–water partition coefficient (Wildman–Crippen LogP) is 5.07. The lowest BCUT2D eigenvalue weighted by Crippen LogP contribution is -2.40. The molecule has 1 rings (SSSR count). The second-order valence-corrected chi connectivity index (χ2v) is 6.36. The molecule has 0 atom stereocenters. The molecular weight excluding hydrogens is 305 g/mol. The van der Waals surface area contributed by atoms with E-state index in [1.165, 1.54) is 0 Å². The molecule has 0 aliphatic rings. The summed E-state index contributed by atoms with van der Waals surface area (Å²) in [5, 5.41) is 5.06. The molecule has 0 spiro atoms. The van der Waals surface area contributed by atoms with Crippen LogP contribution in [0.3, 0.4) is 0 Å². The summed E-state index contributed by atoms with van der Waals surface area (Å²) in [7, 11) is 1.72. The third-order valence-electron chi connectivity index (χ3n) is 3.90. The van der Waals surface area contributed by atoms with Gasteiger partial charge in [0.25, 0.3) is 0 Å². The van der Waals surface area contributed by atoms with E-state index < -0.39 is 0 Å². The van der Waals surface area contributed by atoms with Gasteiger partial charge in [-0.3, -0.25) is 0 Å². The van der Waals surface area contributed by atoms with Gasteiger partial charge < -0.3 is 10.1 Å². The van der Waals surface area contributed by atoms with Crippen molar-refractivity contribution in [2.45, 2.75) is 44.9 Å². The van der Waals surface area contributed by atoms with Gasteiger partial charge in [-0.25, -0.2) is 0 Å². The van der Waals surface area contributed by atoms with Gasteiger partial charge in [0.2, 0.25) is 0 Å². The number of nitrogens with one attached hydrogen (secondary N) is 1. The first-order chi connectivity index (χ1) is 10.1. The molecule has 0 heterocycles. The SMILES string of the molecule is CCCC(CCC)(CNCCOC)c1c(Cl)cccc1Cl. The highest BCUT2D eigenvalue weighted by Gasteiger charge is 2.34. The van der Waals surface area contributed by atoms with Gasteiger partial charge in [0.15, 0.2) is 0 Å². The first kappa shape index (κ1) is 18.8. The topological polar surface area (TPSA) is 21.3 Å². The monoisotopic (exact) mass is 331 g/mol. The number of hydrogen-bond donors (Lipinski definition) is 1. The summed E-state index contributed by atoms with van der Waals surface area (Å²) in [5.74, 6) is 0. The normalized spacial score (nSPS) is 11.9. The molecule has 21 heavy (non-hydrogen) atoms. The van der Waals surface area contributed by atoms with Crippen molar-refractivity contribution in [2.24, 2.45) is 0 Å². The van der Waals surface area contributed by atoms with Gasteiger partial charge in [0, 0.05) is 35.7 Å². The van der Waals surface area contributed by atoms with E-state index >= 15 is 0 Å². The van der Waals surface area contributed by atoms with E-state index in [9.17, 15) is 0 Å². The average Bonchev–Trinajstić information content (AvgIpc) is 2.44. The van der Waals surface area contributed by atoms with Gasteiger partial charge in [-0.2, -0.15) is 0 Å². The molecule has 1 N–H and O–H groups in total. The van der Waals surface area contributed by atoms with Gasteiger partial charge >= 0.3 is 0 Å². The summed E-state index contributed by atoms with van der Waals surface area (Å²) >= 11 is 13.0. The predicted molar refractivity (Wildman–Crippen MR) is 92.7 cm³/mol. The lowest BCUT2D eigenvalue weighted by molar-refractivity contribution is 0.195. The third kappa shape index (κ3) is 5.14. The first-order valence-electron chi connectivity index (χ1n) is 7.75. The van der Waals surface area contributed by atoms with Crippen molar-refractivity contribution in [3.63, 3.8) is 0 Å². The lowest BCUT2D eigenvalue weighted by Gasteiger charge is -2.36. The number of rotatable bonds is 10. The number of ether oxygens (including phenoxy) is 1. The minimum Gasteiger partial charge on any atom is -0.383 e. The molecule has 4 heteroatoms. The maximum Gasteiger partial charge on any atom is 0.0587 e. The Bertz CT molecular complexity index is 397. The number of benzene rings is 1.